The van der Waals surface area contributed by atoms with Crippen molar-refractivity contribution in [2.75, 3.05) is 5.88 Å². The average molecular weight is 239 g/mol. The van der Waals surface area contributed by atoms with Crippen LogP contribution in [0.25, 0.3) is 0 Å². The molecule has 1 aromatic carbocycles. The molecule has 0 aliphatic rings. The van der Waals surface area contributed by atoms with Gasteiger partial charge in [-0.25, -0.2) is 0 Å². The minimum atomic E-state index is -0.410. The highest BCUT2D eigenvalue weighted by atomic mass is 35.5. The van der Waals surface area contributed by atoms with E-state index in [0.29, 0.717) is 0 Å². The van der Waals surface area contributed by atoms with E-state index < -0.39 is 5.78 Å². The summed E-state index contributed by atoms with van der Waals surface area (Å²) in [7, 11) is 0. The van der Waals surface area contributed by atoms with Crippen LogP contribution in [-0.4, -0.2) is 16.8 Å². The van der Waals surface area contributed by atoms with Crippen molar-refractivity contribution in [3.05, 3.63) is 27.7 Å². The number of Topliss-reactive ketones (excluding diaryl/α,β-unsaturated/α-hetero) is 1. The third-order valence-electron chi connectivity index (χ3n) is 1.47. The maximum Gasteiger partial charge on any atom is 0.180 e. The molecule has 0 heterocycles. The first-order chi connectivity index (χ1) is 6.07. The van der Waals surface area contributed by atoms with E-state index in [0.717, 1.165) is 0 Å². The van der Waals surface area contributed by atoms with Crippen molar-refractivity contribution in [2.45, 2.75) is 0 Å². The number of halogens is 3. The Morgan fingerprint density at radius 1 is 1.38 bits per heavy atom. The van der Waals surface area contributed by atoms with E-state index in [-0.39, 0.29) is 27.2 Å². The van der Waals surface area contributed by atoms with Crippen LogP contribution in [0, 0.1) is 0 Å². The molecule has 0 atom stereocenters. The average Bonchev–Trinajstić information content (AvgIpc) is 2.12. The van der Waals surface area contributed by atoms with Crippen LogP contribution in [0.2, 0.25) is 10.0 Å². The molecule has 0 unspecified atom stereocenters. The molecule has 0 bridgehead atoms. The first-order valence-electron chi connectivity index (χ1n) is 3.34. The Bertz CT molecular complexity index is 349. The number of ketones is 1. The summed E-state index contributed by atoms with van der Waals surface area (Å²) in [4.78, 5) is 11.2. The van der Waals surface area contributed by atoms with Crippen molar-refractivity contribution in [1.29, 1.82) is 0 Å². The zero-order valence-corrected chi connectivity index (χ0v) is 8.62. The predicted octanol–water partition coefficient (Wildman–Crippen LogP) is 3.12. The minimum absolute atomic E-state index is 0.0573. The van der Waals surface area contributed by atoms with Gasteiger partial charge < -0.3 is 5.11 Å². The van der Waals surface area contributed by atoms with Gasteiger partial charge in [0.25, 0.3) is 0 Å². The van der Waals surface area contributed by atoms with Gasteiger partial charge in [-0.05, 0) is 12.1 Å². The van der Waals surface area contributed by atoms with Gasteiger partial charge in [-0.1, -0.05) is 23.2 Å². The molecule has 5 heteroatoms. The normalized spacial score (nSPS) is 10.1. The van der Waals surface area contributed by atoms with Gasteiger partial charge in [-0.2, -0.15) is 0 Å². The number of alkyl halides is 1. The molecule has 0 amide bonds. The van der Waals surface area contributed by atoms with Crippen molar-refractivity contribution in [3.8, 4) is 5.75 Å². The molecule has 1 aromatic rings. The van der Waals surface area contributed by atoms with Crippen molar-refractivity contribution in [2.24, 2.45) is 0 Å². The molecular weight excluding hydrogens is 234 g/mol. The molecule has 0 spiro atoms. The van der Waals surface area contributed by atoms with Crippen molar-refractivity contribution < 1.29 is 9.90 Å². The minimum Gasteiger partial charge on any atom is -0.506 e. The standard InChI is InChI=1S/C8H5Cl3O2/c9-3-6(13)7-4(10)1-2-5(12)8(7)11/h1-2,12H,3H2. The Hall–Kier alpha value is -0.440. The molecule has 1 N–H and O–H groups in total. The van der Waals surface area contributed by atoms with E-state index in [1.165, 1.54) is 12.1 Å². The van der Waals surface area contributed by atoms with Gasteiger partial charge in [0.05, 0.1) is 21.5 Å². The molecule has 70 valence electrons. The Labute approximate surface area is 90.0 Å². The summed E-state index contributed by atoms with van der Waals surface area (Å²) in [6, 6.07) is 2.71. The molecule has 2 nitrogen and oxygen atoms in total. The van der Waals surface area contributed by atoms with E-state index in [2.05, 4.69) is 0 Å². The van der Waals surface area contributed by atoms with Crippen LogP contribution >= 0.6 is 34.8 Å². The molecule has 0 aromatic heterocycles. The molecule has 0 radical (unpaired) electrons. The quantitative estimate of drug-likeness (QED) is 0.636. The van der Waals surface area contributed by atoms with Crippen LogP contribution < -0.4 is 0 Å². The molecule has 0 aliphatic carbocycles. The van der Waals surface area contributed by atoms with E-state index >= 15 is 0 Å². The smallest absolute Gasteiger partial charge is 0.180 e. The maximum absolute atomic E-state index is 11.2. The summed E-state index contributed by atoms with van der Waals surface area (Å²) in [5.41, 5.74) is 0.0679. The summed E-state index contributed by atoms with van der Waals surface area (Å²) in [5, 5.41) is 9.31. The van der Waals surface area contributed by atoms with Crippen LogP contribution in [-0.2, 0) is 0 Å². The SMILES string of the molecule is O=C(CCl)c1c(Cl)ccc(O)c1Cl. The lowest BCUT2D eigenvalue weighted by molar-refractivity contribution is 0.102. The van der Waals surface area contributed by atoms with Crippen LogP contribution in [0.3, 0.4) is 0 Å². The molecule has 0 fully saturated rings. The Kier molecular flexibility index (Phi) is 3.42. The molecule has 0 saturated heterocycles. The topological polar surface area (TPSA) is 37.3 Å². The monoisotopic (exact) mass is 238 g/mol. The van der Waals surface area contributed by atoms with Gasteiger partial charge in [0.15, 0.2) is 5.78 Å². The van der Waals surface area contributed by atoms with Crippen molar-refractivity contribution in [3.63, 3.8) is 0 Å². The van der Waals surface area contributed by atoms with Gasteiger partial charge >= 0.3 is 0 Å². The summed E-state index contributed by atoms with van der Waals surface area (Å²) in [5.74, 6) is -0.810. The van der Waals surface area contributed by atoms with Crippen molar-refractivity contribution >= 4 is 40.6 Å². The summed E-state index contributed by atoms with van der Waals surface area (Å²) in [6.07, 6.45) is 0. The second-order valence-electron chi connectivity index (χ2n) is 2.31. The number of aromatic hydroxyl groups is 1. The van der Waals surface area contributed by atoms with Crippen molar-refractivity contribution in [1.82, 2.24) is 0 Å². The highest BCUT2D eigenvalue weighted by Crippen LogP contribution is 2.32. The predicted molar refractivity (Wildman–Crippen MR) is 53.2 cm³/mol. The number of phenols is 1. The first-order valence-corrected chi connectivity index (χ1v) is 4.63. The molecule has 1 rings (SSSR count). The van der Waals surface area contributed by atoms with E-state index in [4.69, 9.17) is 34.8 Å². The number of rotatable bonds is 2. The van der Waals surface area contributed by atoms with E-state index in [1.54, 1.807) is 0 Å². The highest BCUT2D eigenvalue weighted by Gasteiger charge is 2.16. The first kappa shape index (κ1) is 10.6. The highest BCUT2D eigenvalue weighted by molar-refractivity contribution is 6.43. The van der Waals surface area contributed by atoms with E-state index in [9.17, 15) is 9.90 Å². The van der Waals surface area contributed by atoms with Crippen LogP contribution in [0.5, 0.6) is 5.75 Å². The Balaban J connectivity index is 3.33. The molecular formula is C8H5Cl3O2. The third-order valence-corrected chi connectivity index (χ3v) is 2.41. The fraction of sp³-hybridized carbons (Fsp3) is 0.125. The van der Waals surface area contributed by atoms with E-state index in [1.807, 2.05) is 0 Å². The number of carbonyl (C=O) groups is 1. The number of benzene rings is 1. The molecule has 0 saturated carbocycles. The lowest BCUT2D eigenvalue weighted by atomic mass is 10.1. The van der Waals surface area contributed by atoms with Crippen LogP contribution in [0.15, 0.2) is 12.1 Å². The lowest BCUT2D eigenvalue weighted by Gasteiger charge is -2.04. The largest absolute Gasteiger partial charge is 0.506 e. The third kappa shape index (κ3) is 2.08. The number of phenolic OH excluding ortho intramolecular Hbond substituents is 1. The van der Waals surface area contributed by atoms with Gasteiger partial charge in [-0.3, -0.25) is 4.79 Å². The number of carbonyl (C=O) groups excluding carboxylic acids is 1. The van der Waals surface area contributed by atoms with Crippen LogP contribution in [0.4, 0.5) is 0 Å². The summed E-state index contributed by atoms with van der Waals surface area (Å²) >= 11 is 16.7. The summed E-state index contributed by atoms with van der Waals surface area (Å²) in [6.45, 7) is 0. The molecule has 0 aliphatic heterocycles. The second kappa shape index (κ2) is 4.18. The Morgan fingerprint density at radius 2 is 2.00 bits per heavy atom. The van der Waals surface area contributed by atoms with Gasteiger partial charge in [0.1, 0.15) is 5.75 Å². The Morgan fingerprint density at radius 3 is 2.54 bits per heavy atom. The molecule has 13 heavy (non-hydrogen) atoms. The number of hydrogen-bond acceptors (Lipinski definition) is 2. The summed E-state index contributed by atoms with van der Waals surface area (Å²) < 4.78 is 0. The zero-order valence-electron chi connectivity index (χ0n) is 6.35. The zero-order chi connectivity index (χ0) is 10.0. The van der Waals surface area contributed by atoms with Gasteiger partial charge in [-0.15, -0.1) is 11.6 Å². The van der Waals surface area contributed by atoms with Gasteiger partial charge in [0.2, 0.25) is 0 Å². The van der Waals surface area contributed by atoms with Crippen LogP contribution in [0.1, 0.15) is 10.4 Å². The lowest BCUT2D eigenvalue weighted by Crippen LogP contribution is -2.02. The van der Waals surface area contributed by atoms with Gasteiger partial charge in [0, 0.05) is 0 Å². The fourth-order valence-corrected chi connectivity index (χ4v) is 1.58. The maximum atomic E-state index is 11.2. The number of hydrogen-bond donors (Lipinski definition) is 1. The second-order valence-corrected chi connectivity index (χ2v) is 3.36. The fourth-order valence-electron chi connectivity index (χ4n) is 0.864.